The minimum absolute atomic E-state index is 0.0121. The molecule has 2 aromatic carbocycles. The van der Waals surface area contributed by atoms with Crippen LogP contribution in [-0.2, 0) is 10.2 Å². The van der Waals surface area contributed by atoms with Crippen LogP contribution in [0.1, 0.15) is 32.8 Å². The highest BCUT2D eigenvalue weighted by Gasteiger charge is 2.13. The molecule has 3 nitrogen and oxygen atoms in total. The van der Waals surface area contributed by atoms with Gasteiger partial charge in [0.15, 0.2) is 0 Å². The van der Waals surface area contributed by atoms with Crippen LogP contribution in [0, 0.1) is 0 Å². The van der Waals surface area contributed by atoms with Crippen LogP contribution in [0.5, 0.6) is 0 Å². The number of rotatable bonds is 5. The Morgan fingerprint density at radius 3 is 2.09 bits per heavy atom. The summed E-state index contributed by atoms with van der Waals surface area (Å²) in [6.07, 6.45) is 0.428. The van der Waals surface area contributed by atoms with Gasteiger partial charge < -0.3 is 10.6 Å². The van der Waals surface area contributed by atoms with Crippen molar-refractivity contribution in [3.8, 4) is 0 Å². The molecule has 2 N–H and O–H groups in total. The smallest absolute Gasteiger partial charge is 0.226 e. The molecule has 0 bridgehead atoms. The first-order valence-corrected chi connectivity index (χ1v) is 8.54. The summed E-state index contributed by atoms with van der Waals surface area (Å²) in [6, 6.07) is 15.9. The Balaban J connectivity index is 1.79. The van der Waals surface area contributed by atoms with Crippen LogP contribution >= 0.6 is 15.9 Å². The van der Waals surface area contributed by atoms with Crippen LogP contribution < -0.4 is 10.6 Å². The number of halogens is 1. The second-order valence-corrected chi connectivity index (χ2v) is 7.47. The second-order valence-electron chi connectivity index (χ2n) is 6.56. The van der Waals surface area contributed by atoms with Gasteiger partial charge in [-0.3, -0.25) is 4.79 Å². The number of amides is 1. The Bertz CT molecular complexity index is 643. The summed E-state index contributed by atoms with van der Waals surface area (Å²) in [5.74, 6) is 0.0121. The topological polar surface area (TPSA) is 41.1 Å². The maximum Gasteiger partial charge on any atom is 0.226 e. The average Bonchev–Trinajstić information content (AvgIpc) is 2.49. The standard InChI is InChI=1S/C19H23BrN2O/c1-19(2,3)14-4-8-17(9-5-14)22-18(23)12-13-21-16-10-6-15(20)7-11-16/h4-11,21H,12-13H2,1-3H3,(H,22,23). The van der Waals surface area contributed by atoms with Crippen LogP contribution in [0.15, 0.2) is 53.0 Å². The van der Waals surface area contributed by atoms with Gasteiger partial charge in [-0.15, -0.1) is 0 Å². The number of benzene rings is 2. The van der Waals surface area contributed by atoms with Gasteiger partial charge in [-0.05, 0) is 47.4 Å². The molecular weight excluding hydrogens is 352 g/mol. The second kappa shape index (κ2) is 7.64. The molecule has 0 atom stereocenters. The zero-order valence-electron chi connectivity index (χ0n) is 13.8. The fourth-order valence-electron chi connectivity index (χ4n) is 2.17. The molecular formula is C19H23BrN2O. The Labute approximate surface area is 146 Å². The highest BCUT2D eigenvalue weighted by atomic mass is 79.9. The van der Waals surface area contributed by atoms with Crippen LogP contribution in [0.2, 0.25) is 0 Å². The SMILES string of the molecule is CC(C)(C)c1ccc(NC(=O)CCNc2ccc(Br)cc2)cc1. The van der Waals surface area contributed by atoms with Crippen molar-refractivity contribution in [1.29, 1.82) is 0 Å². The Kier molecular flexibility index (Phi) is 5.83. The molecule has 0 aliphatic heterocycles. The van der Waals surface area contributed by atoms with Crippen molar-refractivity contribution >= 4 is 33.2 Å². The lowest BCUT2D eigenvalue weighted by atomic mass is 9.87. The van der Waals surface area contributed by atoms with E-state index in [0.29, 0.717) is 13.0 Å². The van der Waals surface area contributed by atoms with Gasteiger partial charge in [-0.2, -0.15) is 0 Å². The number of hydrogen-bond donors (Lipinski definition) is 2. The van der Waals surface area contributed by atoms with E-state index in [0.717, 1.165) is 15.8 Å². The van der Waals surface area contributed by atoms with Crippen molar-refractivity contribution < 1.29 is 4.79 Å². The van der Waals surface area contributed by atoms with Gasteiger partial charge in [0.2, 0.25) is 5.91 Å². The molecule has 0 saturated heterocycles. The molecule has 2 aromatic rings. The van der Waals surface area contributed by atoms with E-state index >= 15 is 0 Å². The predicted molar refractivity (Wildman–Crippen MR) is 101 cm³/mol. The lowest BCUT2D eigenvalue weighted by Crippen LogP contribution is -2.16. The first kappa shape index (κ1) is 17.5. The summed E-state index contributed by atoms with van der Waals surface area (Å²) in [5.41, 5.74) is 3.23. The molecule has 0 radical (unpaired) electrons. The average molecular weight is 375 g/mol. The summed E-state index contributed by atoms with van der Waals surface area (Å²) < 4.78 is 1.04. The fraction of sp³-hybridized carbons (Fsp3) is 0.316. The van der Waals surface area contributed by atoms with E-state index in [9.17, 15) is 4.79 Å². The molecule has 0 unspecified atom stereocenters. The first-order valence-electron chi connectivity index (χ1n) is 7.74. The van der Waals surface area contributed by atoms with Crippen LogP contribution in [0.25, 0.3) is 0 Å². The maximum atomic E-state index is 12.0. The number of hydrogen-bond acceptors (Lipinski definition) is 2. The third-order valence-electron chi connectivity index (χ3n) is 3.56. The van der Waals surface area contributed by atoms with Crippen molar-refractivity contribution in [3.63, 3.8) is 0 Å². The highest BCUT2D eigenvalue weighted by Crippen LogP contribution is 2.23. The Hall–Kier alpha value is -1.81. The van der Waals surface area contributed by atoms with E-state index in [4.69, 9.17) is 0 Å². The zero-order chi connectivity index (χ0) is 16.9. The van der Waals surface area contributed by atoms with Crippen molar-refractivity contribution in [3.05, 3.63) is 58.6 Å². The van der Waals surface area contributed by atoms with Crippen molar-refractivity contribution in [2.24, 2.45) is 0 Å². The largest absolute Gasteiger partial charge is 0.385 e. The molecule has 2 rings (SSSR count). The summed E-state index contributed by atoms with van der Waals surface area (Å²) in [7, 11) is 0. The number of anilines is 2. The van der Waals surface area contributed by atoms with Crippen LogP contribution in [0.4, 0.5) is 11.4 Å². The van der Waals surface area contributed by atoms with Crippen molar-refractivity contribution in [2.75, 3.05) is 17.2 Å². The zero-order valence-corrected chi connectivity index (χ0v) is 15.4. The monoisotopic (exact) mass is 374 g/mol. The first-order chi connectivity index (χ1) is 10.8. The van der Waals surface area contributed by atoms with Crippen LogP contribution in [0.3, 0.4) is 0 Å². The van der Waals surface area contributed by atoms with Gasteiger partial charge in [-0.1, -0.05) is 48.8 Å². The van der Waals surface area contributed by atoms with E-state index in [1.165, 1.54) is 5.56 Å². The lowest BCUT2D eigenvalue weighted by molar-refractivity contribution is -0.115. The van der Waals surface area contributed by atoms with Crippen molar-refractivity contribution in [1.82, 2.24) is 0 Å². The summed E-state index contributed by atoms with van der Waals surface area (Å²) >= 11 is 3.40. The van der Waals surface area contributed by atoms with Crippen LogP contribution in [-0.4, -0.2) is 12.5 Å². The van der Waals surface area contributed by atoms with Gasteiger partial charge in [0, 0.05) is 28.8 Å². The molecule has 1 amide bonds. The summed E-state index contributed by atoms with van der Waals surface area (Å²) in [5, 5.41) is 6.17. The molecule has 0 aliphatic carbocycles. The number of carbonyl (C=O) groups is 1. The van der Waals surface area contributed by atoms with Gasteiger partial charge in [-0.25, -0.2) is 0 Å². The number of nitrogens with one attached hydrogen (secondary N) is 2. The van der Waals surface area contributed by atoms with E-state index in [2.05, 4.69) is 59.5 Å². The molecule has 0 saturated carbocycles. The maximum absolute atomic E-state index is 12.0. The van der Waals surface area contributed by atoms with Gasteiger partial charge >= 0.3 is 0 Å². The molecule has 23 heavy (non-hydrogen) atoms. The third kappa shape index (κ3) is 5.71. The molecule has 0 aromatic heterocycles. The van der Waals surface area contributed by atoms with E-state index in [1.54, 1.807) is 0 Å². The normalized spacial score (nSPS) is 11.1. The quantitative estimate of drug-likeness (QED) is 0.755. The highest BCUT2D eigenvalue weighted by molar-refractivity contribution is 9.10. The minimum atomic E-state index is 0.0121. The molecule has 0 spiro atoms. The summed E-state index contributed by atoms with van der Waals surface area (Å²) in [4.78, 5) is 12.0. The Morgan fingerprint density at radius 1 is 0.957 bits per heavy atom. The third-order valence-corrected chi connectivity index (χ3v) is 4.09. The van der Waals surface area contributed by atoms with E-state index < -0.39 is 0 Å². The summed E-state index contributed by atoms with van der Waals surface area (Å²) in [6.45, 7) is 7.13. The van der Waals surface area contributed by atoms with E-state index in [-0.39, 0.29) is 11.3 Å². The molecule has 0 heterocycles. The molecule has 0 fully saturated rings. The predicted octanol–water partition coefficient (Wildman–Crippen LogP) is 5.19. The lowest BCUT2D eigenvalue weighted by Gasteiger charge is -2.19. The molecule has 4 heteroatoms. The van der Waals surface area contributed by atoms with Crippen molar-refractivity contribution in [2.45, 2.75) is 32.6 Å². The molecule has 0 aliphatic rings. The van der Waals surface area contributed by atoms with E-state index in [1.807, 2.05) is 36.4 Å². The Morgan fingerprint density at radius 2 is 1.52 bits per heavy atom. The number of carbonyl (C=O) groups excluding carboxylic acids is 1. The van der Waals surface area contributed by atoms with Gasteiger partial charge in [0.1, 0.15) is 0 Å². The molecule has 122 valence electrons. The van der Waals surface area contributed by atoms with Gasteiger partial charge in [0.05, 0.1) is 0 Å². The fourth-order valence-corrected chi connectivity index (χ4v) is 2.43. The minimum Gasteiger partial charge on any atom is -0.385 e. The van der Waals surface area contributed by atoms with Gasteiger partial charge in [0.25, 0.3) is 0 Å².